The Morgan fingerprint density at radius 3 is 2.31 bits per heavy atom. The van der Waals surface area contributed by atoms with Crippen LogP contribution in [0.15, 0.2) is 102 Å². The summed E-state index contributed by atoms with van der Waals surface area (Å²) in [6, 6.07) is 28.1. The quantitative estimate of drug-likeness (QED) is 0.309. The Hall–Kier alpha value is -3.23. The predicted molar refractivity (Wildman–Crippen MR) is 153 cm³/mol. The normalized spacial score (nSPS) is 27.2. The first-order valence-corrected chi connectivity index (χ1v) is 13.8. The van der Waals surface area contributed by atoms with E-state index < -0.39 is 23.2 Å². The number of halogens is 1. The average Bonchev–Trinajstić information content (AvgIpc) is 3.33. The average molecular weight is 588 g/mol. The van der Waals surface area contributed by atoms with Gasteiger partial charge in [0.1, 0.15) is 11.5 Å². The van der Waals surface area contributed by atoms with E-state index in [1.807, 2.05) is 67.7 Å². The second-order valence-corrected chi connectivity index (χ2v) is 11.4. The predicted octanol–water partition coefficient (Wildman–Crippen LogP) is 5.23. The van der Waals surface area contributed by atoms with Crippen molar-refractivity contribution >= 4 is 15.9 Å². The van der Waals surface area contributed by atoms with Gasteiger partial charge in [0.2, 0.25) is 0 Å². The molecule has 1 saturated carbocycles. The number of ether oxygens (including phenoxy) is 2. The van der Waals surface area contributed by atoms with Gasteiger partial charge in [-0.25, -0.2) is 0 Å². The fourth-order valence-electron chi connectivity index (χ4n) is 6.75. The molecule has 2 N–H and O–H groups in total. The van der Waals surface area contributed by atoms with Crippen molar-refractivity contribution in [2.75, 3.05) is 20.7 Å². The number of methoxy groups -OCH3 is 1. The van der Waals surface area contributed by atoms with Crippen LogP contribution >= 0.6 is 15.9 Å². The van der Waals surface area contributed by atoms with E-state index in [1.54, 1.807) is 19.5 Å². The number of rotatable bonds is 7. The molecule has 200 valence electrons. The molecule has 7 heteroatoms. The second kappa shape index (κ2) is 10.1. The maximum absolute atomic E-state index is 12.9. The molecule has 5 atom stereocenters. The number of nitrogens with zero attached hydrogens (tertiary/aromatic N) is 2. The highest BCUT2D eigenvalue weighted by molar-refractivity contribution is 9.10. The lowest BCUT2D eigenvalue weighted by Crippen LogP contribution is -2.52. The van der Waals surface area contributed by atoms with Crippen molar-refractivity contribution < 1.29 is 19.7 Å². The van der Waals surface area contributed by atoms with Gasteiger partial charge in [0.05, 0.1) is 31.2 Å². The maximum atomic E-state index is 12.9. The summed E-state index contributed by atoms with van der Waals surface area (Å²) < 4.78 is 13.5. The van der Waals surface area contributed by atoms with Gasteiger partial charge in [-0.1, -0.05) is 88.7 Å². The molecular formula is C32H31BrN2O4. The van der Waals surface area contributed by atoms with Gasteiger partial charge in [-0.3, -0.25) is 4.98 Å². The molecule has 0 bridgehead atoms. The topological polar surface area (TPSA) is 75.0 Å². The first-order valence-electron chi connectivity index (χ1n) is 13.1. The summed E-state index contributed by atoms with van der Waals surface area (Å²) in [5.74, 6) is 0.0324. The zero-order valence-electron chi connectivity index (χ0n) is 21.9. The maximum Gasteiger partial charge on any atom is 0.177 e. The van der Waals surface area contributed by atoms with E-state index in [2.05, 4.69) is 50.1 Å². The molecule has 6 rings (SSSR count). The third-order valence-electron chi connectivity index (χ3n) is 8.26. The Bertz CT molecular complexity index is 1450. The minimum Gasteiger partial charge on any atom is -0.495 e. The van der Waals surface area contributed by atoms with Gasteiger partial charge in [-0.05, 0) is 35.9 Å². The second-order valence-electron chi connectivity index (χ2n) is 10.5. The van der Waals surface area contributed by atoms with Gasteiger partial charge < -0.3 is 24.6 Å². The summed E-state index contributed by atoms with van der Waals surface area (Å²) in [5, 5.41) is 25.2. The largest absolute Gasteiger partial charge is 0.495 e. The van der Waals surface area contributed by atoms with Crippen LogP contribution in [-0.4, -0.2) is 46.9 Å². The lowest BCUT2D eigenvalue weighted by molar-refractivity contribution is -0.152. The Kier molecular flexibility index (Phi) is 6.71. The van der Waals surface area contributed by atoms with Crippen molar-refractivity contribution in [2.45, 2.75) is 29.8 Å². The van der Waals surface area contributed by atoms with Crippen molar-refractivity contribution in [2.24, 2.45) is 5.92 Å². The smallest absolute Gasteiger partial charge is 0.177 e. The molecule has 1 aromatic heterocycles. The van der Waals surface area contributed by atoms with Crippen molar-refractivity contribution in [3.63, 3.8) is 0 Å². The summed E-state index contributed by atoms with van der Waals surface area (Å²) in [6.07, 6.45) is 2.00. The third-order valence-corrected chi connectivity index (χ3v) is 8.79. The number of benzene rings is 3. The van der Waals surface area contributed by atoms with E-state index >= 15 is 0 Å². The summed E-state index contributed by atoms with van der Waals surface area (Å²) in [4.78, 5) is 6.50. The van der Waals surface area contributed by atoms with Crippen LogP contribution in [0.4, 0.5) is 0 Å². The Balaban J connectivity index is 1.55. The van der Waals surface area contributed by atoms with Crippen molar-refractivity contribution in [1.29, 1.82) is 0 Å². The van der Waals surface area contributed by atoms with Gasteiger partial charge in [0.15, 0.2) is 11.2 Å². The molecule has 2 heterocycles. The van der Waals surface area contributed by atoms with E-state index in [0.29, 0.717) is 30.2 Å². The molecule has 1 aliphatic heterocycles. The summed E-state index contributed by atoms with van der Waals surface area (Å²) in [5.41, 5.74) is 0.235. The van der Waals surface area contributed by atoms with E-state index in [1.165, 1.54) is 5.56 Å². The molecule has 0 unspecified atom stereocenters. The molecule has 6 nitrogen and oxygen atoms in total. The highest BCUT2D eigenvalue weighted by Gasteiger charge is 2.76. The van der Waals surface area contributed by atoms with Crippen molar-refractivity contribution in [3.8, 4) is 11.5 Å². The van der Waals surface area contributed by atoms with Gasteiger partial charge in [-0.2, -0.15) is 0 Å². The van der Waals surface area contributed by atoms with Gasteiger partial charge in [-0.15, -0.1) is 0 Å². The number of hydrogen-bond acceptors (Lipinski definition) is 6. The van der Waals surface area contributed by atoms with Crippen LogP contribution in [0, 0.1) is 5.92 Å². The summed E-state index contributed by atoms with van der Waals surface area (Å²) in [7, 11) is 3.59. The lowest BCUT2D eigenvalue weighted by atomic mass is 9.70. The van der Waals surface area contributed by atoms with Crippen LogP contribution in [0.2, 0.25) is 0 Å². The zero-order chi connectivity index (χ0) is 27.2. The van der Waals surface area contributed by atoms with Crippen LogP contribution in [0.1, 0.15) is 28.2 Å². The summed E-state index contributed by atoms with van der Waals surface area (Å²) in [6.45, 7) is 1.24. The lowest BCUT2D eigenvalue weighted by Gasteiger charge is -2.41. The van der Waals surface area contributed by atoms with Gasteiger partial charge in [0.25, 0.3) is 0 Å². The highest BCUT2D eigenvalue weighted by Crippen LogP contribution is 2.69. The van der Waals surface area contributed by atoms with Crippen LogP contribution in [-0.2, 0) is 17.7 Å². The Morgan fingerprint density at radius 2 is 1.64 bits per heavy atom. The molecule has 0 amide bonds. The molecular weight excluding hydrogens is 556 g/mol. The SMILES string of the molecule is COc1cncc2c1[C@]1(O)[C@H](O)[C@H](CN(C)Cc3ccccc3)[C@@H](c3ccccc3)[C@]1(c1ccc(Br)cc1)O2. The monoisotopic (exact) mass is 586 g/mol. The Morgan fingerprint density at radius 1 is 0.974 bits per heavy atom. The summed E-state index contributed by atoms with van der Waals surface area (Å²) >= 11 is 3.55. The molecule has 4 aromatic rings. The number of pyridine rings is 1. The van der Waals surface area contributed by atoms with Gasteiger partial charge >= 0.3 is 0 Å². The molecule has 1 fully saturated rings. The molecule has 0 spiro atoms. The fourth-order valence-corrected chi connectivity index (χ4v) is 7.02. The number of aromatic nitrogens is 1. The van der Waals surface area contributed by atoms with E-state index in [9.17, 15) is 10.2 Å². The van der Waals surface area contributed by atoms with Crippen molar-refractivity contribution in [3.05, 3.63) is 124 Å². The van der Waals surface area contributed by atoms with Crippen LogP contribution in [0.25, 0.3) is 0 Å². The first-order chi connectivity index (χ1) is 18.9. The number of fused-ring (bicyclic) bond motifs is 3. The number of aliphatic hydroxyl groups is 2. The number of aliphatic hydroxyl groups excluding tert-OH is 1. The third kappa shape index (κ3) is 3.99. The highest BCUT2D eigenvalue weighted by atomic mass is 79.9. The molecule has 1 aliphatic carbocycles. The van der Waals surface area contributed by atoms with Gasteiger partial charge in [0, 0.05) is 29.4 Å². The molecule has 0 radical (unpaired) electrons. The minimum absolute atomic E-state index is 0.374. The van der Waals surface area contributed by atoms with Crippen LogP contribution < -0.4 is 9.47 Å². The fraction of sp³-hybridized carbons (Fsp3) is 0.281. The molecule has 3 aromatic carbocycles. The van der Waals surface area contributed by atoms with E-state index in [4.69, 9.17) is 9.47 Å². The number of hydrogen-bond donors (Lipinski definition) is 2. The Labute approximate surface area is 237 Å². The molecule has 39 heavy (non-hydrogen) atoms. The van der Waals surface area contributed by atoms with E-state index in [-0.39, 0.29) is 5.92 Å². The molecule has 0 saturated heterocycles. The minimum atomic E-state index is -1.80. The zero-order valence-corrected chi connectivity index (χ0v) is 23.5. The first kappa shape index (κ1) is 26.0. The molecule has 2 aliphatic rings. The van der Waals surface area contributed by atoms with Crippen molar-refractivity contribution in [1.82, 2.24) is 9.88 Å². The van der Waals surface area contributed by atoms with Crippen LogP contribution in [0.5, 0.6) is 11.5 Å². The van der Waals surface area contributed by atoms with E-state index in [0.717, 1.165) is 15.6 Å². The standard InChI is InChI=1S/C32H31BrN2O4/c1-35(19-21-9-5-3-6-10-21)20-25-28(22-11-7-4-8-12-22)32(23-13-15-24(33)16-14-23)31(37,30(25)36)29-26(38-2)17-34-18-27(29)39-32/h3-18,25,28,30,36-37H,19-20H2,1-2H3/t25-,28-,30-,31+,32+/m1/s1. The van der Waals surface area contributed by atoms with Crippen LogP contribution in [0.3, 0.4) is 0 Å².